The molecule has 2 unspecified atom stereocenters. The Morgan fingerprint density at radius 2 is 1.71 bits per heavy atom. The fourth-order valence-electron chi connectivity index (χ4n) is 3.26. The lowest BCUT2D eigenvalue weighted by Gasteiger charge is -2.18. The van der Waals surface area contributed by atoms with Crippen molar-refractivity contribution < 1.29 is 22.7 Å². The van der Waals surface area contributed by atoms with Gasteiger partial charge in [-0.1, -0.05) is 45.0 Å². The molecule has 0 bridgehead atoms. The highest BCUT2D eigenvalue weighted by molar-refractivity contribution is 5.91. The minimum Gasteiger partial charge on any atom is -0.483 e. The van der Waals surface area contributed by atoms with Crippen molar-refractivity contribution in [2.24, 2.45) is 0 Å². The second-order valence-corrected chi connectivity index (χ2v) is 7.54. The monoisotopic (exact) mass is 427 g/mol. The molecule has 4 nitrogen and oxygen atoms in total. The number of benzene rings is 2. The van der Waals surface area contributed by atoms with E-state index in [4.69, 9.17) is 9.15 Å². The first-order chi connectivity index (χ1) is 14.9. The molecule has 0 spiro atoms. The maximum absolute atomic E-state index is 13.7. The fraction of sp³-hybridized carbons (Fsp3) is 0.320. The van der Waals surface area contributed by atoms with E-state index in [0.717, 1.165) is 30.5 Å². The normalized spacial score (nSPS) is 12.9. The van der Waals surface area contributed by atoms with Crippen LogP contribution in [0, 0.1) is 11.6 Å². The lowest BCUT2D eigenvalue weighted by atomic mass is 9.95. The molecule has 1 aromatic heterocycles. The number of furan rings is 1. The summed E-state index contributed by atoms with van der Waals surface area (Å²) in [6, 6.07) is 14.4. The van der Waals surface area contributed by atoms with Crippen molar-refractivity contribution in [3.05, 3.63) is 88.9 Å². The SMILES string of the molecule is CCC(C)c1ccc(C(CC)NC(=O)c2ccc(COc3ccc(F)cc3F)o2)cc1. The summed E-state index contributed by atoms with van der Waals surface area (Å²) >= 11 is 0. The molecular weight excluding hydrogens is 400 g/mol. The van der Waals surface area contributed by atoms with Gasteiger partial charge in [-0.2, -0.15) is 0 Å². The zero-order valence-electron chi connectivity index (χ0n) is 18.0. The molecule has 2 atom stereocenters. The summed E-state index contributed by atoms with van der Waals surface area (Å²) in [5.74, 6) is -0.896. The molecule has 1 heterocycles. The Morgan fingerprint density at radius 3 is 2.35 bits per heavy atom. The zero-order valence-corrected chi connectivity index (χ0v) is 18.0. The molecule has 0 radical (unpaired) electrons. The standard InChI is InChI=1S/C25H27F2NO3/c1-4-16(3)17-6-8-18(9-7-17)22(5-2)28-25(29)24-13-11-20(31-24)15-30-23-12-10-19(26)14-21(23)27/h6-14,16,22H,4-5,15H2,1-3H3,(H,28,29). The Hall–Kier alpha value is -3.15. The number of ether oxygens (including phenoxy) is 1. The molecular formula is C25H27F2NO3. The highest BCUT2D eigenvalue weighted by atomic mass is 19.1. The predicted octanol–water partition coefficient (Wildman–Crippen LogP) is 6.53. The second-order valence-electron chi connectivity index (χ2n) is 7.54. The average Bonchev–Trinajstić information content (AvgIpc) is 3.25. The van der Waals surface area contributed by atoms with Crippen LogP contribution >= 0.6 is 0 Å². The highest BCUT2D eigenvalue weighted by Crippen LogP contribution is 2.24. The van der Waals surface area contributed by atoms with Crippen molar-refractivity contribution in [3.63, 3.8) is 0 Å². The Bertz CT molecular complexity index is 1010. The fourth-order valence-corrected chi connectivity index (χ4v) is 3.26. The van der Waals surface area contributed by atoms with Gasteiger partial charge in [0.05, 0.1) is 6.04 Å². The molecule has 6 heteroatoms. The zero-order chi connectivity index (χ0) is 22.4. The lowest BCUT2D eigenvalue weighted by Crippen LogP contribution is -2.27. The Morgan fingerprint density at radius 1 is 1.00 bits per heavy atom. The van der Waals surface area contributed by atoms with Gasteiger partial charge in [0.15, 0.2) is 17.3 Å². The topological polar surface area (TPSA) is 51.5 Å². The largest absolute Gasteiger partial charge is 0.483 e. The van der Waals surface area contributed by atoms with Crippen LogP contribution < -0.4 is 10.1 Å². The van der Waals surface area contributed by atoms with Crippen LogP contribution in [0.4, 0.5) is 8.78 Å². The Labute approximate surface area is 181 Å². The molecule has 0 aliphatic heterocycles. The molecule has 0 fully saturated rings. The van der Waals surface area contributed by atoms with E-state index < -0.39 is 11.6 Å². The average molecular weight is 427 g/mol. The van der Waals surface area contributed by atoms with Crippen LogP contribution in [0.1, 0.15) is 73.0 Å². The first-order valence-electron chi connectivity index (χ1n) is 10.5. The van der Waals surface area contributed by atoms with Crippen molar-refractivity contribution >= 4 is 5.91 Å². The molecule has 164 valence electrons. The number of hydrogen-bond donors (Lipinski definition) is 1. The summed E-state index contributed by atoms with van der Waals surface area (Å²) in [6.45, 7) is 6.28. The minimum atomic E-state index is -0.797. The van der Waals surface area contributed by atoms with E-state index in [2.05, 4.69) is 43.4 Å². The van der Waals surface area contributed by atoms with Gasteiger partial charge in [-0.15, -0.1) is 0 Å². The van der Waals surface area contributed by atoms with E-state index in [1.54, 1.807) is 12.1 Å². The van der Waals surface area contributed by atoms with Crippen LogP contribution in [-0.4, -0.2) is 5.91 Å². The Kier molecular flexibility index (Phi) is 7.45. The number of amides is 1. The third-order valence-electron chi connectivity index (χ3n) is 5.38. The van der Waals surface area contributed by atoms with Gasteiger partial charge < -0.3 is 14.5 Å². The summed E-state index contributed by atoms with van der Waals surface area (Å²) in [6.07, 6.45) is 1.81. The highest BCUT2D eigenvalue weighted by Gasteiger charge is 2.18. The van der Waals surface area contributed by atoms with Crippen LogP contribution in [0.15, 0.2) is 59.0 Å². The van der Waals surface area contributed by atoms with E-state index in [9.17, 15) is 13.6 Å². The summed E-state index contributed by atoms with van der Waals surface area (Å²) in [5, 5.41) is 2.99. The van der Waals surface area contributed by atoms with Crippen molar-refractivity contribution in [2.45, 2.75) is 52.2 Å². The molecule has 2 aromatic carbocycles. The first-order valence-corrected chi connectivity index (χ1v) is 10.5. The second kappa shape index (κ2) is 10.2. The number of carbonyl (C=O) groups is 1. The first kappa shape index (κ1) is 22.5. The molecule has 1 amide bonds. The van der Waals surface area contributed by atoms with Crippen molar-refractivity contribution in [1.29, 1.82) is 0 Å². The van der Waals surface area contributed by atoms with E-state index >= 15 is 0 Å². The number of nitrogens with one attached hydrogen (secondary N) is 1. The summed E-state index contributed by atoms with van der Waals surface area (Å²) in [7, 11) is 0. The van der Waals surface area contributed by atoms with Gasteiger partial charge in [-0.25, -0.2) is 8.78 Å². The van der Waals surface area contributed by atoms with Crippen LogP contribution in [-0.2, 0) is 6.61 Å². The number of halogens is 2. The quantitative estimate of drug-likeness (QED) is 0.422. The molecule has 3 rings (SSSR count). The van der Waals surface area contributed by atoms with E-state index in [-0.39, 0.29) is 30.1 Å². The van der Waals surface area contributed by atoms with Gasteiger partial charge in [0.1, 0.15) is 18.2 Å². The molecule has 31 heavy (non-hydrogen) atoms. The third kappa shape index (κ3) is 5.72. The smallest absolute Gasteiger partial charge is 0.287 e. The van der Waals surface area contributed by atoms with E-state index in [1.165, 1.54) is 11.6 Å². The number of hydrogen-bond acceptors (Lipinski definition) is 3. The molecule has 0 aliphatic carbocycles. The third-order valence-corrected chi connectivity index (χ3v) is 5.38. The van der Waals surface area contributed by atoms with E-state index in [0.29, 0.717) is 11.7 Å². The Balaban J connectivity index is 1.61. The maximum Gasteiger partial charge on any atom is 0.287 e. The maximum atomic E-state index is 13.7. The van der Waals surface area contributed by atoms with Gasteiger partial charge in [0.2, 0.25) is 0 Å². The summed E-state index contributed by atoms with van der Waals surface area (Å²) in [4.78, 5) is 12.6. The summed E-state index contributed by atoms with van der Waals surface area (Å²) < 4.78 is 37.5. The molecule has 0 aliphatic rings. The summed E-state index contributed by atoms with van der Waals surface area (Å²) in [5.41, 5.74) is 2.31. The van der Waals surface area contributed by atoms with E-state index in [1.807, 2.05) is 6.92 Å². The van der Waals surface area contributed by atoms with Gasteiger partial charge in [0.25, 0.3) is 5.91 Å². The molecule has 1 N–H and O–H groups in total. The van der Waals surface area contributed by atoms with Crippen molar-refractivity contribution in [3.8, 4) is 5.75 Å². The molecule has 0 saturated heterocycles. The van der Waals surface area contributed by atoms with Crippen LogP contribution in [0.3, 0.4) is 0 Å². The molecule has 0 saturated carbocycles. The van der Waals surface area contributed by atoms with Gasteiger partial charge in [-0.3, -0.25) is 4.79 Å². The van der Waals surface area contributed by atoms with Crippen molar-refractivity contribution in [1.82, 2.24) is 5.32 Å². The van der Waals surface area contributed by atoms with Gasteiger partial charge >= 0.3 is 0 Å². The number of carbonyl (C=O) groups excluding carboxylic acids is 1. The molecule has 3 aromatic rings. The van der Waals surface area contributed by atoms with Gasteiger partial charge in [0, 0.05) is 6.07 Å². The number of rotatable bonds is 9. The lowest BCUT2D eigenvalue weighted by molar-refractivity contribution is 0.0903. The van der Waals surface area contributed by atoms with Crippen LogP contribution in [0.2, 0.25) is 0 Å². The predicted molar refractivity (Wildman–Crippen MR) is 115 cm³/mol. The van der Waals surface area contributed by atoms with Crippen LogP contribution in [0.25, 0.3) is 0 Å². The van der Waals surface area contributed by atoms with Crippen molar-refractivity contribution in [2.75, 3.05) is 0 Å². The van der Waals surface area contributed by atoms with Gasteiger partial charge in [-0.05, 0) is 54.2 Å². The van der Waals surface area contributed by atoms with Crippen LogP contribution in [0.5, 0.6) is 5.75 Å². The minimum absolute atomic E-state index is 0.0793.